The number of aromatic nitrogens is 3. The quantitative estimate of drug-likeness (QED) is 0.218. The number of ketones is 1. The van der Waals surface area contributed by atoms with Crippen molar-refractivity contribution in [1.82, 2.24) is 14.3 Å². The van der Waals surface area contributed by atoms with Gasteiger partial charge in [-0.2, -0.15) is 5.10 Å². The fraction of sp³-hybridized carbons (Fsp3) is 0.310. The van der Waals surface area contributed by atoms with Crippen LogP contribution in [-0.2, 0) is 16.8 Å². The Hall–Kier alpha value is -3.71. The zero-order valence-corrected chi connectivity index (χ0v) is 22.4. The number of halogens is 1. The molecule has 0 aliphatic heterocycles. The minimum Gasteiger partial charge on any atom is -0.461 e. The maximum atomic E-state index is 13.8. The summed E-state index contributed by atoms with van der Waals surface area (Å²) in [4.78, 5) is 40.0. The molecular weight excluding hydrogens is 490 g/mol. The maximum absolute atomic E-state index is 13.8. The van der Waals surface area contributed by atoms with Gasteiger partial charge in [-0.1, -0.05) is 48.9 Å². The van der Waals surface area contributed by atoms with Crippen LogP contribution >= 0.6 is 11.6 Å². The van der Waals surface area contributed by atoms with Crippen LogP contribution in [0.1, 0.15) is 67.7 Å². The molecule has 0 bridgehead atoms. The van der Waals surface area contributed by atoms with E-state index in [1.165, 1.54) is 4.57 Å². The van der Waals surface area contributed by atoms with Crippen molar-refractivity contribution in [3.63, 3.8) is 0 Å². The van der Waals surface area contributed by atoms with E-state index in [0.29, 0.717) is 27.1 Å². The van der Waals surface area contributed by atoms with Crippen LogP contribution in [0.15, 0.2) is 59.4 Å². The van der Waals surface area contributed by atoms with Gasteiger partial charge in [0.1, 0.15) is 5.69 Å². The lowest BCUT2D eigenvalue weighted by Gasteiger charge is -2.21. The Morgan fingerprint density at radius 2 is 1.70 bits per heavy atom. The van der Waals surface area contributed by atoms with Gasteiger partial charge in [-0.05, 0) is 62.9 Å². The largest absolute Gasteiger partial charge is 0.461 e. The Balaban J connectivity index is 2.03. The second kappa shape index (κ2) is 10.3. The second-order valence-electron chi connectivity index (χ2n) is 9.77. The molecular formula is C29H30ClN3O4. The SMILES string of the molecule is CCOC(=O)c1cc(Cn2c(C(=O)CC)c(-c3ccccc3)c3cc(Cl)ccc3c2=O)nn1C(C)(C)C. The normalized spacial score (nSPS) is 11.6. The highest BCUT2D eigenvalue weighted by molar-refractivity contribution is 6.31. The van der Waals surface area contributed by atoms with E-state index in [1.54, 1.807) is 42.8 Å². The van der Waals surface area contributed by atoms with Crippen LogP contribution in [0.3, 0.4) is 0 Å². The minimum atomic E-state index is -0.511. The first-order chi connectivity index (χ1) is 17.6. The van der Waals surface area contributed by atoms with Crippen molar-refractivity contribution >= 4 is 34.1 Å². The number of hydrogen-bond donors (Lipinski definition) is 0. The first-order valence-corrected chi connectivity index (χ1v) is 12.7. The lowest BCUT2D eigenvalue weighted by molar-refractivity contribution is 0.0503. The summed E-state index contributed by atoms with van der Waals surface area (Å²) < 4.78 is 8.31. The molecule has 7 nitrogen and oxygen atoms in total. The van der Waals surface area contributed by atoms with Gasteiger partial charge in [-0.25, -0.2) is 4.79 Å². The van der Waals surface area contributed by atoms with Crippen LogP contribution in [0, 0.1) is 0 Å². The van der Waals surface area contributed by atoms with Crippen molar-refractivity contribution in [2.75, 3.05) is 6.61 Å². The summed E-state index contributed by atoms with van der Waals surface area (Å²) in [6.45, 7) is 9.53. The molecule has 0 fully saturated rings. The molecule has 0 atom stereocenters. The van der Waals surface area contributed by atoms with Crippen molar-refractivity contribution in [2.45, 2.75) is 53.1 Å². The predicted octanol–water partition coefficient (Wildman–Crippen LogP) is 6.09. The number of ether oxygens (including phenoxy) is 1. The predicted molar refractivity (Wildman–Crippen MR) is 146 cm³/mol. The van der Waals surface area contributed by atoms with Gasteiger partial charge in [0.05, 0.1) is 30.1 Å². The van der Waals surface area contributed by atoms with Gasteiger partial charge < -0.3 is 4.74 Å². The number of carbonyl (C=O) groups is 2. The molecule has 0 saturated heterocycles. The van der Waals surface area contributed by atoms with Crippen LogP contribution in [-0.4, -0.2) is 32.7 Å². The molecule has 192 valence electrons. The van der Waals surface area contributed by atoms with Gasteiger partial charge in [0, 0.05) is 22.4 Å². The molecule has 2 aromatic carbocycles. The molecule has 0 aliphatic carbocycles. The Kier molecular flexibility index (Phi) is 7.37. The molecule has 0 radical (unpaired) electrons. The standard InChI is InChI=1S/C29H30ClN3O4/c1-6-24(34)26-25(18-11-9-8-10-12-18)22-15-19(30)13-14-21(22)27(35)32(26)17-20-16-23(28(36)37-7-2)33(31-20)29(3,4)5/h8-16H,6-7,17H2,1-5H3. The summed E-state index contributed by atoms with van der Waals surface area (Å²) in [6.07, 6.45) is 0.204. The zero-order chi connectivity index (χ0) is 26.9. The van der Waals surface area contributed by atoms with Gasteiger partial charge in [0.2, 0.25) is 0 Å². The molecule has 8 heteroatoms. The third-order valence-corrected chi connectivity index (χ3v) is 6.32. The van der Waals surface area contributed by atoms with Gasteiger partial charge in [0.15, 0.2) is 5.78 Å². The number of esters is 1. The third-order valence-electron chi connectivity index (χ3n) is 6.08. The smallest absolute Gasteiger partial charge is 0.356 e. The molecule has 0 amide bonds. The highest BCUT2D eigenvalue weighted by atomic mass is 35.5. The first-order valence-electron chi connectivity index (χ1n) is 12.3. The van der Waals surface area contributed by atoms with E-state index in [-0.39, 0.29) is 42.3 Å². The average Bonchev–Trinajstić information content (AvgIpc) is 3.30. The van der Waals surface area contributed by atoms with Crippen LogP contribution in [0.2, 0.25) is 5.02 Å². The van der Waals surface area contributed by atoms with Gasteiger partial charge in [0.25, 0.3) is 5.56 Å². The van der Waals surface area contributed by atoms with Crippen LogP contribution < -0.4 is 5.56 Å². The van der Waals surface area contributed by atoms with E-state index in [4.69, 9.17) is 16.3 Å². The molecule has 4 aromatic rings. The number of pyridine rings is 1. The van der Waals surface area contributed by atoms with Crippen molar-refractivity contribution in [2.24, 2.45) is 0 Å². The summed E-state index contributed by atoms with van der Waals surface area (Å²) in [5.41, 5.74) is 1.65. The molecule has 2 heterocycles. The van der Waals surface area contributed by atoms with Gasteiger partial charge >= 0.3 is 5.97 Å². The Morgan fingerprint density at radius 3 is 2.32 bits per heavy atom. The second-order valence-corrected chi connectivity index (χ2v) is 10.2. The lowest BCUT2D eigenvalue weighted by atomic mass is 9.94. The topological polar surface area (TPSA) is 83.2 Å². The number of nitrogens with zero attached hydrogens (tertiary/aromatic N) is 3. The summed E-state index contributed by atoms with van der Waals surface area (Å²) in [5.74, 6) is -0.676. The van der Waals surface area contributed by atoms with Crippen LogP contribution in [0.25, 0.3) is 21.9 Å². The van der Waals surface area contributed by atoms with Gasteiger partial charge in [-0.15, -0.1) is 0 Å². The van der Waals surface area contributed by atoms with Crippen molar-refractivity contribution in [3.8, 4) is 11.1 Å². The highest BCUT2D eigenvalue weighted by Gasteiger charge is 2.27. The Bertz CT molecular complexity index is 1550. The van der Waals surface area contributed by atoms with E-state index in [1.807, 2.05) is 51.1 Å². The molecule has 4 rings (SSSR count). The Morgan fingerprint density at radius 1 is 1.00 bits per heavy atom. The number of fused-ring (bicyclic) bond motifs is 1. The van der Waals surface area contributed by atoms with Crippen molar-refractivity contribution in [1.29, 1.82) is 0 Å². The van der Waals surface area contributed by atoms with E-state index in [2.05, 4.69) is 5.10 Å². The van der Waals surface area contributed by atoms with Gasteiger partial charge in [-0.3, -0.25) is 18.8 Å². The van der Waals surface area contributed by atoms with E-state index >= 15 is 0 Å². The minimum absolute atomic E-state index is 0.00773. The van der Waals surface area contributed by atoms with Crippen LogP contribution in [0.4, 0.5) is 0 Å². The monoisotopic (exact) mass is 519 g/mol. The number of carbonyl (C=O) groups excluding carboxylic acids is 2. The average molecular weight is 520 g/mol. The van der Waals surface area contributed by atoms with E-state index < -0.39 is 11.5 Å². The Labute approximate surface area is 220 Å². The fourth-order valence-corrected chi connectivity index (χ4v) is 4.63. The van der Waals surface area contributed by atoms with Crippen molar-refractivity contribution in [3.05, 3.63) is 87.1 Å². The summed E-state index contributed by atoms with van der Waals surface area (Å²) in [5, 5.41) is 6.20. The van der Waals surface area contributed by atoms with Crippen LogP contribution in [0.5, 0.6) is 0 Å². The highest BCUT2D eigenvalue weighted by Crippen LogP contribution is 2.33. The molecule has 37 heavy (non-hydrogen) atoms. The lowest BCUT2D eigenvalue weighted by Crippen LogP contribution is -2.29. The number of hydrogen-bond acceptors (Lipinski definition) is 5. The molecule has 0 spiro atoms. The molecule has 2 aromatic heterocycles. The van der Waals surface area contributed by atoms with E-state index in [9.17, 15) is 14.4 Å². The van der Waals surface area contributed by atoms with Crippen molar-refractivity contribution < 1.29 is 14.3 Å². The number of rotatable bonds is 7. The zero-order valence-electron chi connectivity index (χ0n) is 21.7. The third kappa shape index (κ3) is 5.09. The summed E-state index contributed by atoms with van der Waals surface area (Å²) in [6, 6.07) is 16.2. The number of benzene rings is 2. The molecule has 0 aliphatic rings. The molecule has 0 saturated carbocycles. The molecule has 0 unspecified atom stereocenters. The summed E-state index contributed by atoms with van der Waals surface area (Å²) in [7, 11) is 0. The first kappa shape index (κ1) is 26.4. The molecule has 0 N–H and O–H groups in total. The fourth-order valence-electron chi connectivity index (χ4n) is 4.46. The van der Waals surface area contributed by atoms with E-state index in [0.717, 1.165) is 5.56 Å². The number of Topliss-reactive ketones (excluding diaryl/α,β-unsaturated/α-hetero) is 1. The summed E-state index contributed by atoms with van der Waals surface area (Å²) >= 11 is 6.33. The maximum Gasteiger partial charge on any atom is 0.356 e.